The van der Waals surface area contributed by atoms with E-state index in [9.17, 15) is 14.7 Å². The SMILES string of the molecule is CC(=O)NC1(C(=O)O)CCCC(C(C)(C)C)CC1. The molecular formula is C14H25NO3. The van der Waals surface area contributed by atoms with Crippen LogP contribution in [0.3, 0.4) is 0 Å². The summed E-state index contributed by atoms with van der Waals surface area (Å²) in [5.41, 5.74) is -0.851. The molecule has 1 aliphatic carbocycles. The number of hydrogen-bond acceptors (Lipinski definition) is 2. The van der Waals surface area contributed by atoms with E-state index >= 15 is 0 Å². The third kappa shape index (κ3) is 3.47. The third-order valence-electron chi connectivity index (χ3n) is 4.13. The minimum absolute atomic E-state index is 0.199. The number of nitrogens with one attached hydrogen (secondary N) is 1. The number of aliphatic carboxylic acids is 1. The highest BCUT2D eigenvalue weighted by molar-refractivity contribution is 5.86. The van der Waals surface area contributed by atoms with Gasteiger partial charge in [-0.25, -0.2) is 4.79 Å². The van der Waals surface area contributed by atoms with Gasteiger partial charge >= 0.3 is 5.97 Å². The first-order chi connectivity index (χ1) is 8.17. The van der Waals surface area contributed by atoms with Crippen LogP contribution in [0.25, 0.3) is 0 Å². The standard InChI is InChI=1S/C14H25NO3/c1-10(16)15-14(12(17)18)8-5-6-11(7-9-14)13(2,3)4/h11H,5-9H2,1-4H3,(H,15,16)(H,17,18). The Hall–Kier alpha value is -1.06. The maximum atomic E-state index is 11.5. The summed E-state index contributed by atoms with van der Waals surface area (Å²) >= 11 is 0. The Morgan fingerprint density at radius 3 is 2.28 bits per heavy atom. The molecular weight excluding hydrogens is 230 g/mol. The first-order valence-electron chi connectivity index (χ1n) is 6.69. The van der Waals surface area contributed by atoms with E-state index in [4.69, 9.17) is 0 Å². The van der Waals surface area contributed by atoms with Crippen LogP contribution < -0.4 is 5.32 Å². The minimum atomic E-state index is -1.05. The zero-order valence-corrected chi connectivity index (χ0v) is 11.9. The van der Waals surface area contributed by atoms with Gasteiger partial charge in [-0.15, -0.1) is 0 Å². The largest absolute Gasteiger partial charge is 0.480 e. The number of hydrogen-bond donors (Lipinski definition) is 2. The number of carboxylic acid groups (broad SMARTS) is 1. The van der Waals surface area contributed by atoms with E-state index in [0.717, 1.165) is 19.3 Å². The van der Waals surface area contributed by atoms with Crippen LogP contribution in [0.4, 0.5) is 0 Å². The molecule has 4 nitrogen and oxygen atoms in total. The van der Waals surface area contributed by atoms with Crippen molar-refractivity contribution in [3.05, 3.63) is 0 Å². The fourth-order valence-corrected chi connectivity index (χ4v) is 2.94. The molecule has 0 aromatic carbocycles. The summed E-state index contributed by atoms with van der Waals surface area (Å²) in [4.78, 5) is 22.7. The summed E-state index contributed by atoms with van der Waals surface area (Å²) < 4.78 is 0. The van der Waals surface area contributed by atoms with Gasteiger partial charge in [0, 0.05) is 6.92 Å². The van der Waals surface area contributed by atoms with E-state index in [2.05, 4.69) is 26.1 Å². The zero-order chi connectivity index (χ0) is 14.0. The van der Waals surface area contributed by atoms with Crippen LogP contribution >= 0.6 is 0 Å². The van der Waals surface area contributed by atoms with Gasteiger partial charge in [-0.2, -0.15) is 0 Å². The van der Waals surface area contributed by atoms with E-state index < -0.39 is 11.5 Å². The summed E-state index contributed by atoms with van der Waals surface area (Å²) in [6.07, 6.45) is 3.82. The molecule has 0 radical (unpaired) electrons. The van der Waals surface area contributed by atoms with Crippen LogP contribution in [0, 0.1) is 11.3 Å². The molecule has 0 aromatic rings. The molecule has 0 aliphatic heterocycles. The molecule has 1 aliphatic rings. The van der Waals surface area contributed by atoms with Crippen molar-refractivity contribution in [2.24, 2.45) is 11.3 Å². The third-order valence-corrected chi connectivity index (χ3v) is 4.13. The van der Waals surface area contributed by atoms with Crippen molar-refractivity contribution in [2.45, 2.75) is 65.3 Å². The van der Waals surface area contributed by atoms with Gasteiger partial charge in [-0.3, -0.25) is 4.79 Å². The first kappa shape index (κ1) is 15.0. The molecule has 1 fully saturated rings. The van der Waals surface area contributed by atoms with Gasteiger partial charge in [-0.1, -0.05) is 27.2 Å². The molecule has 1 amide bonds. The second kappa shape index (κ2) is 5.29. The molecule has 2 unspecified atom stereocenters. The van der Waals surface area contributed by atoms with Crippen molar-refractivity contribution in [3.63, 3.8) is 0 Å². The summed E-state index contributed by atoms with van der Waals surface area (Å²) in [5.74, 6) is -0.633. The number of amides is 1. The Morgan fingerprint density at radius 1 is 1.22 bits per heavy atom. The lowest BCUT2D eigenvalue weighted by Crippen LogP contribution is -2.53. The predicted octanol–water partition coefficient (Wildman–Crippen LogP) is 2.57. The van der Waals surface area contributed by atoms with E-state index in [-0.39, 0.29) is 11.3 Å². The normalized spacial score (nSPS) is 29.4. The van der Waals surface area contributed by atoms with Gasteiger partial charge in [0.1, 0.15) is 5.54 Å². The van der Waals surface area contributed by atoms with E-state index in [1.807, 2.05) is 0 Å². The molecule has 1 rings (SSSR count). The monoisotopic (exact) mass is 255 g/mol. The van der Waals surface area contributed by atoms with Crippen LogP contribution in [0.2, 0.25) is 0 Å². The van der Waals surface area contributed by atoms with Crippen LogP contribution in [0.1, 0.15) is 59.8 Å². The highest BCUT2D eigenvalue weighted by Gasteiger charge is 2.42. The van der Waals surface area contributed by atoms with Gasteiger partial charge < -0.3 is 10.4 Å². The second-order valence-electron chi connectivity index (χ2n) is 6.56. The Morgan fingerprint density at radius 2 is 1.83 bits per heavy atom. The maximum Gasteiger partial charge on any atom is 0.329 e. The molecule has 0 bridgehead atoms. The van der Waals surface area contributed by atoms with Crippen LogP contribution in [-0.2, 0) is 9.59 Å². The zero-order valence-electron chi connectivity index (χ0n) is 11.9. The second-order valence-corrected chi connectivity index (χ2v) is 6.56. The molecule has 0 aromatic heterocycles. The molecule has 1 saturated carbocycles. The quantitative estimate of drug-likeness (QED) is 0.745. The van der Waals surface area contributed by atoms with E-state index in [1.165, 1.54) is 6.92 Å². The van der Waals surface area contributed by atoms with Crippen molar-refractivity contribution in [1.82, 2.24) is 5.32 Å². The Balaban J connectivity index is 2.84. The molecule has 0 heterocycles. The topological polar surface area (TPSA) is 66.4 Å². The van der Waals surface area contributed by atoms with Crippen molar-refractivity contribution < 1.29 is 14.7 Å². The summed E-state index contributed by atoms with van der Waals surface area (Å²) in [7, 11) is 0. The van der Waals surface area contributed by atoms with Crippen LogP contribution in [-0.4, -0.2) is 22.5 Å². The highest BCUT2D eigenvalue weighted by atomic mass is 16.4. The summed E-state index contributed by atoms with van der Waals surface area (Å²) in [6.45, 7) is 7.98. The number of carbonyl (C=O) groups is 2. The van der Waals surface area contributed by atoms with E-state index in [1.54, 1.807) is 0 Å². The van der Waals surface area contributed by atoms with Crippen LogP contribution in [0.5, 0.6) is 0 Å². The van der Waals surface area contributed by atoms with Gasteiger partial charge in [0.15, 0.2) is 0 Å². The van der Waals surface area contributed by atoms with Gasteiger partial charge in [0.25, 0.3) is 0 Å². The van der Waals surface area contributed by atoms with Crippen molar-refractivity contribution in [1.29, 1.82) is 0 Å². The molecule has 0 saturated heterocycles. The average molecular weight is 255 g/mol. The number of carbonyl (C=O) groups excluding carboxylic acids is 1. The Kier molecular flexibility index (Phi) is 4.41. The Bertz CT molecular complexity index is 332. The number of rotatable bonds is 2. The van der Waals surface area contributed by atoms with Crippen molar-refractivity contribution in [3.8, 4) is 0 Å². The van der Waals surface area contributed by atoms with Crippen molar-refractivity contribution in [2.75, 3.05) is 0 Å². The lowest BCUT2D eigenvalue weighted by Gasteiger charge is -2.31. The number of carboxylic acids is 1. The fourth-order valence-electron chi connectivity index (χ4n) is 2.94. The van der Waals surface area contributed by atoms with E-state index in [0.29, 0.717) is 18.8 Å². The predicted molar refractivity (Wildman–Crippen MR) is 70.2 cm³/mol. The highest BCUT2D eigenvalue weighted by Crippen LogP contribution is 2.39. The van der Waals surface area contributed by atoms with Gasteiger partial charge in [0.2, 0.25) is 5.91 Å². The summed E-state index contributed by atoms with van der Waals surface area (Å²) in [6, 6.07) is 0. The van der Waals surface area contributed by atoms with Crippen LogP contribution in [0.15, 0.2) is 0 Å². The minimum Gasteiger partial charge on any atom is -0.480 e. The lowest BCUT2D eigenvalue weighted by molar-refractivity contribution is -0.148. The maximum absolute atomic E-state index is 11.5. The summed E-state index contributed by atoms with van der Waals surface area (Å²) in [5, 5.41) is 12.1. The molecule has 104 valence electrons. The first-order valence-corrected chi connectivity index (χ1v) is 6.69. The van der Waals surface area contributed by atoms with Gasteiger partial charge in [0.05, 0.1) is 0 Å². The molecule has 18 heavy (non-hydrogen) atoms. The van der Waals surface area contributed by atoms with Gasteiger partial charge in [-0.05, 0) is 37.0 Å². The Labute approximate surface area is 109 Å². The molecule has 2 N–H and O–H groups in total. The molecule has 4 heteroatoms. The smallest absolute Gasteiger partial charge is 0.329 e. The lowest BCUT2D eigenvalue weighted by atomic mass is 9.76. The fraction of sp³-hybridized carbons (Fsp3) is 0.857. The molecule has 2 atom stereocenters. The van der Waals surface area contributed by atoms with Crippen molar-refractivity contribution >= 4 is 11.9 Å². The molecule has 0 spiro atoms. The average Bonchev–Trinajstić information content (AvgIpc) is 2.39.